The van der Waals surface area contributed by atoms with Gasteiger partial charge in [0.05, 0.1) is 0 Å². The van der Waals surface area contributed by atoms with Crippen molar-refractivity contribution in [1.82, 2.24) is 0 Å². The predicted octanol–water partition coefficient (Wildman–Crippen LogP) is 2.91. The van der Waals surface area contributed by atoms with E-state index >= 15 is 0 Å². The second kappa shape index (κ2) is 4.19. The van der Waals surface area contributed by atoms with Crippen LogP contribution in [0.4, 0.5) is 5.69 Å². The van der Waals surface area contributed by atoms with Gasteiger partial charge in [0.2, 0.25) is 5.91 Å². The Balaban J connectivity index is 2.43. The summed E-state index contributed by atoms with van der Waals surface area (Å²) >= 11 is 3.44. The molecule has 0 aromatic heterocycles. The van der Waals surface area contributed by atoms with Crippen molar-refractivity contribution in [2.75, 3.05) is 11.4 Å². The third-order valence-corrected chi connectivity index (χ3v) is 3.05. The summed E-state index contributed by atoms with van der Waals surface area (Å²) in [6, 6.07) is 6.03. The van der Waals surface area contributed by atoms with Crippen molar-refractivity contribution in [2.45, 2.75) is 12.8 Å². The zero-order chi connectivity index (χ0) is 10.8. The van der Waals surface area contributed by atoms with Crippen LogP contribution in [0.3, 0.4) is 0 Å². The molecule has 0 radical (unpaired) electrons. The summed E-state index contributed by atoms with van der Waals surface area (Å²) in [7, 11) is 0. The standard InChI is InChI=1S/C12H12BrNO/c1-2-7-14-11-5-4-10(13)8-9(11)3-6-12(14)15/h2,4-5,8H,1,3,6-7H2. The van der Waals surface area contributed by atoms with Crippen LogP contribution in [0.5, 0.6) is 0 Å². The van der Waals surface area contributed by atoms with Gasteiger partial charge in [-0.2, -0.15) is 0 Å². The smallest absolute Gasteiger partial charge is 0.227 e. The van der Waals surface area contributed by atoms with Crippen LogP contribution in [0.1, 0.15) is 12.0 Å². The van der Waals surface area contributed by atoms with Crippen LogP contribution in [0.15, 0.2) is 35.3 Å². The van der Waals surface area contributed by atoms with Crippen molar-refractivity contribution in [3.05, 3.63) is 40.9 Å². The number of benzene rings is 1. The van der Waals surface area contributed by atoms with E-state index in [9.17, 15) is 4.79 Å². The van der Waals surface area contributed by atoms with E-state index in [1.54, 1.807) is 11.0 Å². The van der Waals surface area contributed by atoms with Gasteiger partial charge < -0.3 is 4.90 Å². The molecular weight excluding hydrogens is 254 g/mol. The number of fused-ring (bicyclic) bond motifs is 1. The fourth-order valence-electron chi connectivity index (χ4n) is 1.86. The van der Waals surface area contributed by atoms with Crippen LogP contribution < -0.4 is 4.90 Å². The van der Waals surface area contributed by atoms with E-state index in [-0.39, 0.29) is 5.91 Å². The molecule has 0 N–H and O–H groups in total. The summed E-state index contributed by atoms with van der Waals surface area (Å²) in [6.07, 6.45) is 3.19. The molecule has 2 nitrogen and oxygen atoms in total. The number of carbonyl (C=O) groups excluding carboxylic acids is 1. The minimum absolute atomic E-state index is 0.185. The lowest BCUT2D eigenvalue weighted by atomic mass is 10.0. The Bertz CT molecular complexity index is 414. The van der Waals surface area contributed by atoms with Crippen LogP contribution in [-0.2, 0) is 11.2 Å². The lowest BCUT2D eigenvalue weighted by Crippen LogP contribution is -2.35. The Morgan fingerprint density at radius 3 is 3.00 bits per heavy atom. The highest BCUT2D eigenvalue weighted by atomic mass is 79.9. The summed E-state index contributed by atoms with van der Waals surface area (Å²) in [5.41, 5.74) is 2.25. The van der Waals surface area contributed by atoms with Gasteiger partial charge >= 0.3 is 0 Å². The van der Waals surface area contributed by atoms with Crippen molar-refractivity contribution in [3.63, 3.8) is 0 Å². The second-order valence-corrected chi connectivity index (χ2v) is 4.48. The predicted molar refractivity (Wildman–Crippen MR) is 65.0 cm³/mol. The first-order valence-electron chi connectivity index (χ1n) is 4.92. The first-order chi connectivity index (χ1) is 7.22. The van der Waals surface area contributed by atoms with Gasteiger partial charge in [-0.3, -0.25) is 4.79 Å². The summed E-state index contributed by atoms with van der Waals surface area (Å²) in [5, 5.41) is 0. The Morgan fingerprint density at radius 2 is 2.27 bits per heavy atom. The molecule has 0 saturated carbocycles. The molecule has 1 aromatic rings. The largest absolute Gasteiger partial charge is 0.308 e. The molecule has 0 fully saturated rings. The highest BCUT2D eigenvalue weighted by Gasteiger charge is 2.22. The average molecular weight is 266 g/mol. The van der Waals surface area contributed by atoms with E-state index in [0.29, 0.717) is 13.0 Å². The van der Waals surface area contributed by atoms with Crippen LogP contribution in [0.2, 0.25) is 0 Å². The number of hydrogen-bond acceptors (Lipinski definition) is 1. The van der Waals surface area contributed by atoms with E-state index in [2.05, 4.69) is 28.6 Å². The number of aryl methyl sites for hydroxylation is 1. The zero-order valence-corrected chi connectivity index (χ0v) is 9.96. The minimum atomic E-state index is 0.185. The number of halogens is 1. The Labute approximate surface area is 97.7 Å². The van der Waals surface area contributed by atoms with Crippen LogP contribution in [-0.4, -0.2) is 12.5 Å². The van der Waals surface area contributed by atoms with E-state index in [1.807, 2.05) is 12.1 Å². The zero-order valence-electron chi connectivity index (χ0n) is 8.37. The van der Waals surface area contributed by atoms with E-state index in [0.717, 1.165) is 16.6 Å². The first kappa shape index (κ1) is 10.4. The fraction of sp³-hybridized carbons (Fsp3) is 0.250. The summed E-state index contributed by atoms with van der Waals surface area (Å²) in [5.74, 6) is 0.185. The quantitative estimate of drug-likeness (QED) is 0.754. The number of carbonyl (C=O) groups is 1. The fourth-order valence-corrected chi connectivity index (χ4v) is 2.27. The third kappa shape index (κ3) is 1.97. The summed E-state index contributed by atoms with van der Waals surface area (Å²) in [6.45, 7) is 4.27. The lowest BCUT2D eigenvalue weighted by molar-refractivity contribution is -0.118. The monoisotopic (exact) mass is 265 g/mol. The molecule has 2 rings (SSSR count). The number of rotatable bonds is 2. The number of nitrogens with zero attached hydrogens (tertiary/aromatic N) is 1. The molecule has 15 heavy (non-hydrogen) atoms. The van der Waals surface area contributed by atoms with Crippen molar-refractivity contribution in [1.29, 1.82) is 0 Å². The van der Waals surface area contributed by atoms with Gasteiger partial charge in [0.1, 0.15) is 0 Å². The van der Waals surface area contributed by atoms with Crippen LogP contribution in [0, 0.1) is 0 Å². The van der Waals surface area contributed by atoms with E-state index in [4.69, 9.17) is 0 Å². The van der Waals surface area contributed by atoms with Gasteiger partial charge in [0.15, 0.2) is 0 Å². The molecule has 0 bridgehead atoms. The SMILES string of the molecule is C=CCN1C(=O)CCc2cc(Br)ccc21. The maximum absolute atomic E-state index is 11.7. The number of anilines is 1. The molecule has 0 unspecified atom stereocenters. The van der Waals surface area contributed by atoms with Gasteiger partial charge in [-0.1, -0.05) is 22.0 Å². The molecular formula is C12H12BrNO. The van der Waals surface area contributed by atoms with Gasteiger partial charge in [-0.05, 0) is 30.2 Å². The van der Waals surface area contributed by atoms with Gasteiger partial charge in [-0.15, -0.1) is 6.58 Å². The highest BCUT2D eigenvalue weighted by Crippen LogP contribution is 2.30. The normalized spacial score (nSPS) is 15.0. The molecule has 0 saturated heterocycles. The van der Waals surface area contributed by atoms with Gasteiger partial charge in [0.25, 0.3) is 0 Å². The molecule has 0 atom stereocenters. The second-order valence-electron chi connectivity index (χ2n) is 3.57. The summed E-state index contributed by atoms with van der Waals surface area (Å²) in [4.78, 5) is 13.5. The lowest BCUT2D eigenvalue weighted by Gasteiger charge is -2.28. The highest BCUT2D eigenvalue weighted by molar-refractivity contribution is 9.10. The average Bonchev–Trinajstić information content (AvgIpc) is 2.22. The Hall–Kier alpha value is -1.09. The van der Waals surface area contributed by atoms with E-state index < -0.39 is 0 Å². The van der Waals surface area contributed by atoms with Gasteiger partial charge in [0, 0.05) is 23.1 Å². The minimum Gasteiger partial charge on any atom is -0.308 e. The molecule has 0 spiro atoms. The molecule has 3 heteroatoms. The number of hydrogen-bond donors (Lipinski definition) is 0. The van der Waals surface area contributed by atoms with Crippen molar-refractivity contribution < 1.29 is 4.79 Å². The molecule has 1 aliphatic heterocycles. The van der Waals surface area contributed by atoms with Crippen molar-refractivity contribution in [2.24, 2.45) is 0 Å². The van der Waals surface area contributed by atoms with Crippen LogP contribution >= 0.6 is 15.9 Å². The van der Waals surface area contributed by atoms with Crippen LogP contribution in [0.25, 0.3) is 0 Å². The molecule has 78 valence electrons. The van der Waals surface area contributed by atoms with Crippen molar-refractivity contribution >= 4 is 27.5 Å². The van der Waals surface area contributed by atoms with E-state index in [1.165, 1.54) is 5.56 Å². The molecule has 1 heterocycles. The molecule has 1 amide bonds. The molecule has 1 aliphatic rings. The topological polar surface area (TPSA) is 20.3 Å². The number of amides is 1. The third-order valence-electron chi connectivity index (χ3n) is 2.55. The first-order valence-corrected chi connectivity index (χ1v) is 5.71. The molecule has 1 aromatic carbocycles. The molecule has 0 aliphatic carbocycles. The van der Waals surface area contributed by atoms with Gasteiger partial charge in [-0.25, -0.2) is 0 Å². The Kier molecular flexibility index (Phi) is 2.91. The Morgan fingerprint density at radius 1 is 1.47 bits per heavy atom. The maximum atomic E-state index is 11.7. The van der Waals surface area contributed by atoms with Crippen molar-refractivity contribution in [3.8, 4) is 0 Å². The maximum Gasteiger partial charge on any atom is 0.227 e. The summed E-state index contributed by atoms with van der Waals surface area (Å²) < 4.78 is 1.06.